The van der Waals surface area contributed by atoms with E-state index >= 15 is 0 Å². The third kappa shape index (κ3) is 3.27. The maximum absolute atomic E-state index is 11.3. The fourth-order valence-corrected chi connectivity index (χ4v) is 2.13. The molecule has 0 heterocycles. The molecule has 0 unspecified atom stereocenters. The van der Waals surface area contributed by atoms with Crippen LogP contribution >= 0.6 is 0 Å². The van der Waals surface area contributed by atoms with Crippen molar-refractivity contribution >= 4 is 21.7 Å². The number of nitrogens with two attached hydrogens (primary N) is 1. The van der Waals surface area contributed by atoms with Gasteiger partial charge in [0, 0.05) is 7.05 Å². The smallest absolute Gasteiger partial charge is 0.337 e. The number of carboxylic acids is 1. The molecule has 7 nitrogen and oxygen atoms in total. The highest BCUT2D eigenvalue weighted by Crippen LogP contribution is 2.28. The van der Waals surface area contributed by atoms with E-state index in [1.54, 1.807) is 25.8 Å². The first-order chi connectivity index (χ1) is 9.00. The number of benzene rings is 1. The second-order valence-corrected chi connectivity index (χ2v) is 6.62. The molecule has 0 aliphatic heterocycles. The summed E-state index contributed by atoms with van der Waals surface area (Å²) in [6.07, 6.45) is 0. The number of carboxylic acid groups (broad SMARTS) is 1. The summed E-state index contributed by atoms with van der Waals surface area (Å²) in [5, 5.41) is 23.5. The third-order valence-corrected chi connectivity index (χ3v) is 4.09. The van der Waals surface area contributed by atoms with E-state index in [-0.39, 0.29) is 17.1 Å². The fraction of sp³-hybridized carbons (Fsp3) is 0.417. The van der Waals surface area contributed by atoms with Gasteiger partial charge in [-0.3, -0.25) is 0 Å². The van der Waals surface area contributed by atoms with Gasteiger partial charge in [-0.05, 0) is 32.0 Å². The van der Waals surface area contributed by atoms with E-state index in [1.807, 2.05) is 0 Å². The van der Waals surface area contributed by atoms with Crippen LogP contribution < -0.4 is 10.0 Å². The Kier molecular flexibility index (Phi) is 4.42. The number of hydrogen-bond donors (Lipinski definition) is 3. The maximum Gasteiger partial charge on any atom is 0.337 e. The molecule has 0 fully saturated rings. The van der Waals surface area contributed by atoms with Crippen LogP contribution in [0.5, 0.6) is 0 Å². The van der Waals surface area contributed by atoms with Crippen LogP contribution in [0.25, 0.3) is 0 Å². The average molecular weight is 302 g/mol. The predicted octanol–water partition coefficient (Wildman–Crippen LogP) is 0.239. The molecule has 0 atom stereocenters. The molecule has 112 valence electrons. The standard InChI is InChI=1S/C12H18N2O5S/c1-12(2,7-15)14(3)10-5-4-8(20(13,18)19)6-9(10)11(16)17/h4-6,15H,7H2,1-3H3,(H,16,17)(H2,13,18,19). The molecule has 4 N–H and O–H groups in total. The van der Waals surface area contributed by atoms with E-state index in [9.17, 15) is 23.4 Å². The van der Waals surface area contributed by atoms with Crippen LogP contribution in [0.15, 0.2) is 23.1 Å². The normalized spacial score (nSPS) is 12.2. The molecule has 20 heavy (non-hydrogen) atoms. The molecular weight excluding hydrogens is 284 g/mol. The van der Waals surface area contributed by atoms with Crippen molar-refractivity contribution in [2.75, 3.05) is 18.6 Å². The first-order valence-electron chi connectivity index (χ1n) is 5.75. The molecule has 0 radical (unpaired) electrons. The van der Waals surface area contributed by atoms with Crippen LogP contribution in [-0.4, -0.2) is 43.8 Å². The molecule has 8 heteroatoms. The Balaban J connectivity index is 3.46. The van der Waals surface area contributed by atoms with Gasteiger partial charge in [0.2, 0.25) is 10.0 Å². The van der Waals surface area contributed by atoms with Gasteiger partial charge >= 0.3 is 5.97 Å². The summed E-state index contributed by atoms with van der Waals surface area (Å²) >= 11 is 0. The van der Waals surface area contributed by atoms with Crippen LogP contribution in [0.1, 0.15) is 24.2 Å². The van der Waals surface area contributed by atoms with E-state index in [4.69, 9.17) is 5.14 Å². The lowest BCUT2D eigenvalue weighted by atomic mass is 10.0. The highest BCUT2D eigenvalue weighted by Gasteiger charge is 2.27. The molecule has 1 aromatic carbocycles. The summed E-state index contributed by atoms with van der Waals surface area (Å²) in [4.78, 5) is 12.6. The average Bonchev–Trinajstić information content (AvgIpc) is 2.35. The lowest BCUT2D eigenvalue weighted by molar-refractivity contribution is 0.0697. The number of rotatable bonds is 5. The lowest BCUT2D eigenvalue weighted by Gasteiger charge is -2.36. The lowest BCUT2D eigenvalue weighted by Crippen LogP contribution is -2.45. The van der Waals surface area contributed by atoms with Crippen molar-refractivity contribution in [1.82, 2.24) is 0 Å². The number of carbonyl (C=O) groups is 1. The predicted molar refractivity (Wildman–Crippen MR) is 74.3 cm³/mol. The Labute approximate surface area is 117 Å². The maximum atomic E-state index is 11.3. The number of nitrogens with zero attached hydrogens (tertiary/aromatic N) is 1. The van der Waals surface area contributed by atoms with Crippen LogP contribution in [0.2, 0.25) is 0 Å². The molecule has 1 rings (SSSR count). The SMILES string of the molecule is CN(c1ccc(S(N)(=O)=O)cc1C(=O)O)C(C)(C)CO. The summed E-state index contributed by atoms with van der Waals surface area (Å²) < 4.78 is 22.5. The number of aliphatic hydroxyl groups excluding tert-OH is 1. The van der Waals surface area contributed by atoms with Crippen LogP contribution in [0, 0.1) is 0 Å². The quantitative estimate of drug-likeness (QED) is 0.716. The van der Waals surface area contributed by atoms with Gasteiger partial charge in [-0.15, -0.1) is 0 Å². The second kappa shape index (κ2) is 5.39. The van der Waals surface area contributed by atoms with Gasteiger partial charge in [-0.25, -0.2) is 18.4 Å². The summed E-state index contributed by atoms with van der Waals surface area (Å²) in [7, 11) is -2.35. The number of sulfonamides is 1. The van der Waals surface area contributed by atoms with Gasteiger partial charge in [0.15, 0.2) is 0 Å². The third-order valence-electron chi connectivity index (χ3n) is 3.18. The molecule has 0 amide bonds. The Bertz CT molecular complexity index is 625. The highest BCUT2D eigenvalue weighted by atomic mass is 32.2. The van der Waals surface area contributed by atoms with Crippen molar-refractivity contribution in [3.05, 3.63) is 23.8 Å². The zero-order chi connectivity index (χ0) is 15.7. The highest BCUT2D eigenvalue weighted by molar-refractivity contribution is 7.89. The fourth-order valence-electron chi connectivity index (χ4n) is 1.59. The molecule has 0 bridgehead atoms. The van der Waals surface area contributed by atoms with Gasteiger partial charge in [-0.2, -0.15) is 0 Å². The Morgan fingerprint density at radius 3 is 2.35 bits per heavy atom. The van der Waals surface area contributed by atoms with Crippen molar-refractivity contribution in [3.8, 4) is 0 Å². The summed E-state index contributed by atoms with van der Waals surface area (Å²) in [6.45, 7) is 3.26. The van der Waals surface area contributed by atoms with Gasteiger partial charge in [0.05, 0.1) is 28.3 Å². The minimum absolute atomic E-state index is 0.194. The molecule has 0 saturated heterocycles. The Morgan fingerprint density at radius 1 is 1.40 bits per heavy atom. The van der Waals surface area contributed by atoms with Gasteiger partial charge in [-0.1, -0.05) is 0 Å². The van der Waals surface area contributed by atoms with Gasteiger partial charge in [0.1, 0.15) is 0 Å². The van der Waals surface area contributed by atoms with Crippen molar-refractivity contribution < 1.29 is 23.4 Å². The largest absolute Gasteiger partial charge is 0.478 e. The molecule has 0 spiro atoms. The van der Waals surface area contributed by atoms with Crippen molar-refractivity contribution in [2.45, 2.75) is 24.3 Å². The zero-order valence-electron chi connectivity index (χ0n) is 11.5. The molecular formula is C12H18N2O5S. The summed E-state index contributed by atoms with van der Waals surface area (Å²) in [5.41, 5.74) is -0.600. The van der Waals surface area contributed by atoms with E-state index in [2.05, 4.69) is 0 Å². The number of likely N-dealkylation sites (N-methyl/N-ethyl adjacent to an activating group) is 1. The monoisotopic (exact) mass is 302 g/mol. The molecule has 0 aromatic heterocycles. The first-order valence-corrected chi connectivity index (χ1v) is 7.30. The van der Waals surface area contributed by atoms with Gasteiger partial charge in [0.25, 0.3) is 0 Å². The van der Waals surface area contributed by atoms with Gasteiger partial charge < -0.3 is 15.1 Å². The van der Waals surface area contributed by atoms with Crippen molar-refractivity contribution in [1.29, 1.82) is 0 Å². The number of aliphatic hydroxyl groups is 1. The summed E-state index contributed by atoms with van der Waals surface area (Å²) in [5.74, 6) is -1.27. The Morgan fingerprint density at radius 2 is 1.95 bits per heavy atom. The molecule has 0 saturated carbocycles. The number of hydrogen-bond acceptors (Lipinski definition) is 5. The molecule has 0 aliphatic carbocycles. The molecule has 0 aliphatic rings. The van der Waals surface area contributed by atoms with Crippen molar-refractivity contribution in [2.24, 2.45) is 5.14 Å². The van der Waals surface area contributed by atoms with E-state index in [0.29, 0.717) is 5.69 Å². The number of primary sulfonamides is 1. The minimum Gasteiger partial charge on any atom is -0.478 e. The van der Waals surface area contributed by atoms with E-state index < -0.39 is 21.5 Å². The minimum atomic E-state index is -3.97. The van der Waals surface area contributed by atoms with Crippen molar-refractivity contribution in [3.63, 3.8) is 0 Å². The zero-order valence-corrected chi connectivity index (χ0v) is 12.3. The van der Waals surface area contributed by atoms with Crippen LogP contribution in [-0.2, 0) is 10.0 Å². The topological polar surface area (TPSA) is 121 Å². The number of aromatic carboxylic acids is 1. The Hall–Kier alpha value is -1.64. The first kappa shape index (κ1) is 16.4. The van der Waals surface area contributed by atoms with E-state index in [1.165, 1.54) is 12.1 Å². The molecule has 1 aromatic rings. The van der Waals surface area contributed by atoms with Crippen LogP contribution in [0.4, 0.5) is 5.69 Å². The summed E-state index contributed by atoms with van der Waals surface area (Å²) in [6, 6.07) is 3.61. The van der Waals surface area contributed by atoms with E-state index in [0.717, 1.165) is 6.07 Å². The second-order valence-electron chi connectivity index (χ2n) is 5.06. The van der Waals surface area contributed by atoms with Crippen LogP contribution in [0.3, 0.4) is 0 Å². The number of anilines is 1.